The van der Waals surface area contributed by atoms with E-state index in [0.717, 1.165) is 31.5 Å². The Balaban J connectivity index is 2.62. The Morgan fingerprint density at radius 3 is 2.71 bits per heavy atom. The fourth-order valence-electron chi connectivity index (χ4n) is 1.81. The third kappa shape index (κ3) is 4.48. The molecule has 0 aliphatic heterocycles. The van der Waals surface area contributed by atoms with Gasteiger partial charge in [0.1, 0.15) is 6.20 Å². The molecule has 1 atom stereocenters. The van der Waals surface area contributed by atoms with Crippen LogP contribution in [0.4, 0.5) is 5.69 Å². The van der Waals surface area contributed by atoms with E-state index in [0.29, 0.717) is 6.04 Å². The lowest BCUT2D eigenvalue weighted by molar-refractivity contribution is -0.385. The minimum atomic E-state index is -0.426. The van der Waals surface area contributed by atoms with Crippen molar-refractivity contribution in [2.75, 3.05) is 6.54 Å². The highest BCUT2D eigenvalue weighted by molar-refractivity contribution is 5.26. The topological polar surface area (TPSA) is 68.1 Å². The number of aromatic nitrogens is 1. The molecule has 5 nitrogen and oxygen atoms in total. The lowest BCUT2D eigenvalue weighted by Gasteiger charge is -2.16. The van der Waals surface area contributed by atoms with Crippen LogP contribution in [0.2, 0.25) is 0 Å². The maximum absolute atomic E-state index is 10.5. The fraction of sp³-hybridized carbons (Fsp3) is 0.583. The summed E-state index contributed by atoms with van der Waals surface area (Å²) in [5.74, 6) is 0. The molecule has 0 aromatic carbocycles. The van der Waals surface area contributed by atoms with E-state index in [1.165, 1.54) is 12.3 Å². The summed E-state index contributed by atoms with van der Waals surface area (Å²) in [4.78, 5) is 14.2. The van der Waals surface area contributed by atoms with Crippen molar-refractivity contribution in [2.45, 2.75) is 39.2 Å². The number of nitrogens with one attached hydrogen (secondary N) is 1. The molecule has 1 unspecified atom stereocenters. The zero-order chi connectivity index (χ0) is 12.7. The number of pyridine rings is 1. The van der Waals surface area contributed by atoms with Crippen molar-refractivity contribution in [3.05, 3.63) is 34.1 Å². The Kier molecular flexibility index (Phi) is 5.56. The summed E-state index contributed by atoms with van der Waals surface area (Å²) < 4.78 is 0. The molecular formula is C12H19N3O2. The maximum Gasteiger partial charge on any atom is 0.287 e. The van der Waals surface area contributed by atoms with Crippen LogP contribution in [0.1, 0.15) is 32.4 Å². The average molecular weight is 237 g/mol. The predicted octanol–water partition coefficient (Wildman–Crippen LogP) is 2.31. The van der Waals surface area contributed by atoms with Gasteiger partial charge in [-0.15, -0.1) is 0 Å². The van der Waals surface area contributed by atoms with Gasteiger partial charge in [0.05, 0.1) is 4.92 Å². The molecule has 1 N–H and O–H groups in total. The van der Waals surface area contributed by atoms with Crippen LogP contribution in [0, 0.1) is 10.1 Å². The summed E-state index contributed by atoms with van der Waals surface area (Å²) in [6, 6.07) is 3.65. The highest BCUT2D eigenvalue weighted by Crippen LogP contribution is 2.11. The molecule has 1 heterocycles. The largest absolute Gasteiger partial charge is 0.314 e. The van der Waals surface area contributed by atoms with Crippen LogP contribution in [-0.2, 0) is 6.42 Å². The molecule has 1 rings (SSSR count). The minimum absolute atomic E-state index is 0.0456. The van der Waals surface area contributed by atoms with Gasteiger partial charge in [0.2, 0.25) is 0 Å². The first-order valence-corrected chi connectivity index (χ1v) is 6.00. The number of nitro groups is 1. The molecule has 0 aliphatic rings. The lowest BCUT2D eigenvalue weighted by Crippen LogP contribution is -2.31. The zero-order valence-corrected chi connectivity index (χ0v) is 10.3. The quantitative estimate of drug-likeness (QED) is 0.583. The van der Waals surface area contributed by atoms with Crippen molar-refractivity contribution in [1.29, 1.82) is 0 Å². The molecule has 0 saturated heterocycles. The first-order valence-electron chi connectivity index (χ1n) is 6.00. The van der Waals surface area contributed by atoms with E-state index in [1.807, 2.05) is 0 Å². The summed E-state index contributed by atoms with van der Waals surface area (Å²) in [5, 5.41) is 13.9. The van der Waals surface area contributed by atoms with Gasteiger partial charge in [-0.3, -0.25) is 15.1 Å². The summed E-state index contributed by atoms with van der Waals surface area (Å²) in [5.41, 5.74) is 0.944. The number of likely N-dealkylation sites (N-methyl/N-ethyl adjacent to an activating group) is 1. The van der Waals surface area contributed by atoms with Crippen molar-refractivity contribution in [3.8, 4) is 0 Å². The molecule has 0 bridgehead atoms. The van der Waals surface area contributed by atoms with E-state index in [-0.39, 0.29) is 5.69 Å². The molecule has 1 aromatic heterocycles. The third-order valence-corrected chi connectivity index (χ3v) is 2.61. The van der Waals surface area contributed by atoms with Gasteiger partial charge in [0.15, 0.2) is 0 Å². The van der Waals surface area contributed by atoms with E-state index >= 15 is 0 Å². The van der Waals surface area contributed by atoms with E-state index in [2.05, 4.69) is 24.1 Å². The maximum atomic E-state index is 10.5. The predicted molar refractivity (Wildman–Crippen MR) is 67.0 cm³/mol. The summed E-state index contributed by atoms with van der Waals surface area (Å²) in [6.45, 7) is 5.15. The van der Waals surface area contributed by atoms with Crippen molar-refractivity contribution in [3.63, 3.8) is 0 Å². The van der Waals surface area contributed by atoms with Crippen LogP contribution in [0.15, 0.2) is 18.3 Å². The molecule has 17 heavy (non-hydrogen) atoms. The monoisotopic (exact) mass is 237 g/mol. The highest BCUT2D eigenvalue weighted by Gasteiger charge is 2.10. The highest BCUT2D eigenvalue weighted by atomic mass is 16.6. The minimum Gasteiger partial charge on any atom is -0.314 e. The molecule has 1 aromatic rings. The molecule has 0 radical (unpaired) electrons. The molecule has 0 fully saturated rings. The number of hydrogen-bond acceptors (Lipinski definition) is 4. The van der Waals surface area contributed by atoms with Gasteiger partial charge in [-0.1, -0.05) is 20.3 Å². The molecule has 0 saturated carbocycles. The first-order chi connectivity index (χ1) is 8.17. The summed E-state index contributed by atoms with van der Waals surface area (Å²) >= 11 is 0. The van der Waals surface area contributed by atoms with Crippen molar-refractivity contribution < 1.29 is 4.92 Å². The van der Waals surface area contributed by atoms with Crippen LogP contribution >= 0.6 is 0 Å². The third-order valence-electron chi connectivity index (χ3n) is 2.61. The molecule has 0 aliphatic carbocycles. The van der Waals surface area contributed by atoms with Crippen molar-refractivity contribution in [1.82, 2.24) is 10.3 Å². The zero-order valence-electron chi connectivity index (χ0n) is 10.3. The van der Waals surface area contributed by atoms with Crippen molar-refractivity contribution >= 4 is 5.69 Å². The smallest absolute Gasteiger partial charge is 0.287 e. The first kappa shape index (κ1) is 13.6. The number of hydrogen-bond donors (Lipinski definition) is 1. The lowest BCUT2D eigenvalue weighted by atomic mass is 10.1. The number of rotatable bonds is 7. The molecule has 94 valence electrons. The van der Waals surface area contributed by atoms with Crippen molar-refractivity contribution in [2.24, 2.45) is 0 Å². The second-order valence-corrected chi connectivity index (χ2v) is 4.01. The van der Waals surface area contributed by atoms with Crippen LogP contribution in [-0.4, -0.2) is 22.5 Å². The molecular weight excluding hydrogens is 218 g/mol. The van der Waals surface area contributed by atoms with Gasteiger partial charge in [0, 0.05) is 24.2 Å². The number of nitrogens with zero attached hydrogens (tertiary/aromatic N) is 2. The van der Waals surface area contributed by atoms with Gasteiger partial charge in [-0.2, -0.15) is 0 Å². The van der Waals surface area contributed by atoms with E-state index in [4.69, 9.17) is 0 Å². The van der Waals surface area contributed by atoms with E-state index in [1.54, 1.807) is 6.07 Å². The van der Waals surface area contributed by atoms with Crippen LogP contribution in [0.3, 0.4) is 0 Å². The second kappa shape index (κ2) is 6.96. The second-order valence-electron chi connectivity index (χ2n) is 4.01. The normalized spacial score (nSPS) is 12.4. The van der Waals surface area contributed by atoms with E-state index < -0.39 is 4.92 Å². The average Bonchev–Trinajstić information content (AvgIpc) is 2.30. The molecule has 0 amide bonds. The Morgan fingerprint density at radius 2 is 2.24 bits per heavy atom. The summed E-state index contributed by atoms with van der Waals surface area (Å²) in [6.07, 6.45) is 4.35. The van der Waals surface area contributed by atoms with E-state index in [9.17, 15) is 10.1 Å². The standard InChI is InChI=1S/C12H19N3O2/c1-3-5-10(13-4-2)8-11-6-7-12(9-14-11)15(16)17/h6-7,9-10,13H,3-5,8H2,1-2H3. The SMILES string of the molecule is CCCC(Cc1ccc([N+](=O)[O-])cn1)NCC. The van der Waals surface area contributed by atoms with Gasteiger partial charge in [-0.05, 0) is 19.0 Å². The Hall–Kier alpha value is -1.49. The van der Waals surface area contributed by atoms with Gasteiger partial charge in [0.25, 0.3) is 5.69 Å². The van der Waals surface area contributed by atoms with Gasteiger partial charge in [-0.25, -0.2) is 0 Å². The molecule has 5 heteroatoms. The Morgan fingerprint density at radius 1 is 1.47 bits per heavy atom. The van der Waals surface area contributed by atoms with Gasteiger partial charge < -0.3 is 5.32 Å². The summed E-state index contributed by atoms with van der Waals surface area (Å²) in [7, 11) is 0. The van der Waals surface area contributed by atoms with Crippen LogP contribution < -0.4 is 5.32 Å². The Labute approximate surface area is 101 Å². The Bertz CT molecular complexity index is 345. The fourth-order valence-corrected chi connectivity index (χ4v) is 1.81. The van der Waals surface area contributed by atoms with Gasteiger partial charge >= 0.3 is 0 Å². The van der Waals surface area contributed by atoms with Crippen LogP contribution in [0.25, 0.3) is 0 Å². The molecule has 0 spiro atoms. The van der Waals surface area contributed by atoms with Crippen LogP contribution in [0.5, 0.6) is 0 Å².